The molecule has 0 saturated heterocycles. The monoisotopic (exact) mass is 304 g/mol. The number of ether oxygens (including phenoxy) is 1. The van der Waals surface area contributed by atoms with Crippen LogP contribution in [0.3, 0.4) is 0 Å². The molecule has 3 N–H and O–H groups in total. The second-order valence-corrected chi connectivity index (χ2v) is 5.13. The molecule has 1 aromatic rings. The largest absolute Gasteiger partial charge is 0.491 e. The van der Waals surface area contributed by atoms with Crippen molar-refractivity contribution in [2.24, 2.45) is 5.73 Å². The minimum absolute atomic E-state index is 0.0641. The van der Waals surface area contributed by atoms with Crippen LogP contribution in [0, 0.1) is 0 Å². The summed E-state index contributed by atoms with van der Waals surface area (Å²) < 4.78 is 5.41. The second-order valence-electron chi connectivity index (χ2n) is 4.29. The van der Waals surface area contributed by atoms with Gasteiger partial charge in [-0.05, 0) is 31.5 Å². The first-order chi connectivity index (χ1) is 8.99. The molecule has 0 aliphatic carbocycles. The van der Waals surface area contributed by atoms with E-state index in [1.807, 2.05) is 6.92 Å². The highest BCUT2D eigenvalue weighted by atomic mass is 35.5. The first-order valence-corrected chi connectivity index (χ1v) is 6.84. The van der Waals surface area contributed by atoms with Crippen molar-refractivity contribution < 1.29 is 9.53 Å². The highest BCUT2D eigenvalue weighted by molar-refractivity contribution is 6.35. The smallest absolute Gasteiger partial charge is 0.223 e. The van der Waals surface area contributed by atoms with E-state index in [-0.39, 0.29) is 25.0 Å². The summed E-state index contributed by atoms with van der Waals surface area (Å²) in [7, 11) is 0. The number of hydrogen-bond donors (Lipinski definition) is 2. The Labute approximate surface area is 123 Å². The third-order valence-corrected chi connectivity index (χ3v) is 2.93. The normalized spacial score (nSPS) is 12.0. The molecule has 19 heavy (non-hydrogen) atoms. The van der Waals surface area contributed by atoms with Crippen LogP contribution in [-0.2, 0) is 4.79 Å². The Hall–Kier alpha value is -0.970. The van der Waals surface area contributed by atoms with Gasteiger partial charge >= 0.3 is 0 Å². The predicted octanol–water partition coefficient (Wildman–Crippen LogP) is 2.62. The summed E-state index contributed by atoms with van der Waals surface area (Å²) in [4.78, 5) is 11.5. The Morgan fingerprint density at radius 2 is 2.21 bits per heavy atom. The van der Waals surface area contributed by atoms with Gasteiger partial charge < -0.3 is 15.8 Å². The maximum Gasteiger partial charge on any atom is 0.223 e. The molecule has 1 atom stereocenters. The van der Waals surface area contributed by atoms with Gasteiger partial charge in [-0.1, -0.05) is 23.2 Å². The van der Waals surface area contributed by atoms with Crippen LogP contribution in [0.1, 0.15) is 19.8 Å². The third-order valence-electron chi connectivity index (χ3n) is 2.40. The summed E-state index contributed by atoms with van der Waals surface area (Å²) in [6.07, 6.45) is 1.04. The molecule has 0 heterocycles. The first kappa shape index (κ1) is 16.1. The molecular weight excluding hydrogens is 287 g/mol. The Bertz CT molecular complexity index is 425. The molecule has 0 aromatic heterocycles. The van der Waals surface area contributed by atoms with E-state index >= 15 is 0 Å². The maximum atomic E-state index is 11.5. The van der Waals surface area contributed by atoms with E-state index in [9.17, 15) is 4.79 Å². The summed E-state index contributed by atoms with van der Waals surface area (Å²) in [6.45, 7) is 2.75. The molecule has 1 aromatic carbocycles. The standard InChI is InChI=1S/C13H18Cl2N2O2/c1-9(16)4-6-17-13(18)5-7-19-12-3-2-10(14)8-11(12)15/h2-3,8-9H,4-7,16H2,1H3,(H,17,18). The van der Waals surface area contributed by atoms with E-state index in [1.54, 1.807) is 18.2 Å². The van der Waals surface area contributed by atoms with Crippen molar-refractivity contribution >= 4 is 29.1 Å². The van der Waals surface area contributed by atoms with Crippen molar-refractivity contribution in [2.45, 2.75) is 25.8 Å². The summed E-state index contributed by atoms with van der Waals surface area (Å²) in [5.41, 5.74) is 5.58. The topological polar surface area (TPSA) is 64.3 Å². The average Bonchev–Trinajstić information content (AvgIpc) is 2.31. The molecule has 4 nitrogen and oxygen atoms in total. The van der Waals surface area contributed by atoms with Gasteiger partial charge in [0.15, 0.2) is 0 Å². The van der Waals surface area contributed by atoms with E-state index in [4.69, 9.17) is 33.7 Å². The van der Waals surface area contributed by atoms with Gasteiger partial charge in [-0.25, -0.2) is 0 Å². The summed E-state index contributed by atoms with van der Waals surface area (Å²) in [5.74, 6) is 0.459. The Morgan fingerprint density at radius 1 is 1.47 bits per heavy atom. The van der Waals surface area contributed by atoms with Crippen LogP contribution >= 0.6 is 23.2 Å². The van der Waals surface area contributed by atoms with Crippen LogP contribution in [0.4, 0.5) is 0 Å². The molecular formula is C13H18Cl2N2O2. The zero-order valence-electron chi connectivity index (χ0n) is 10.8. The van der Waals surface area contributed by atoms with E-state index in [0.29, 0.717) is 22.3 Å². The van der Waals surface area contributed by atoms with Gasteiger partial charge in [0.05, 0.1) is 18.1 Å². The van der Waals surface area contributed by atoms with Gasteiger partial charge in [0.25, 0.3) is 0 Å². The minimum atomic E-state index is -0.0641. The number of amides is 1. The highest BCUT2D eigenvalue weighted by Gasteiger charge is 2.05. The van der Waals surface area contributed by atoms with Crippen LogP contribution in [0.2, 0.25) is 10.0 Å². The molecule has 1 amide bonds. The summed E-state index contributed by atoms with van der Waals surface area (Å²) >= 11 is 11.7. The Morgan fingerprint density at radius 3 is 2.84 bits per heavy atom. The lowest BCUT2D eigenvalue weighted by molar-refractivity contribution is -0.121. The number of nitrogens with one attached hydrogen (secondary N) is 1. The van der Waals surface area contributed by atoms with Gasteiger partial charge in [0.1, 0.15) is 5.75 Å². The molecule has 106 valence electrons. The van der Waals surface area contributed by atoms with Crippen molar-refractivity contribution in [1.29, 1.82) is 0 Å². The number of benzene rings is 1. The first-order valence-electron chi connectivity index (χ1n) is 6.09. The Balaban J connectivity index is 2.24. The Kier molecular flexibility index (Phi) is 6.99. The quantitative estimate of drug-likeness (QED) is 0.814. The van der Waals surface area contributed by atoms with Gasteiger partial charge in [-0.2, -0.15) is 0 Å². The molecule has 6 heteroatoms. The molecule has 0 fully saturated rings. The lowest BCUT2D eigenvalue weighted by Gasteiger charge is -2.09. The lowest BCUT2D eigenvalue weighted by atomic mass is 10.2. The number of carbonyl (C=O) groups is 1. The fourth-order valence-electron chi connectivity index (χ4n) is 1.37. The summed E-state index contributed by atoms with van der Waals surface area (Å²) in [6, 6.07) is 5.05. The van der Waals surface area contributed by atoms with E-state index in [1.165, 1.54) is 0 Å². The molecule has 0 saturated carbocycles. The molecule has 0 spiro atoms. The molecule has 1 rings (SSSR count). The van der Waals surface area contributed by atoms with Crippen LogP contribution in [-0.4, -0.2) is 25.1 Å². The predicted molar refractivity (Wildman–Crippen MR) is 77.9 cm³/mol. The van der Waals surface area contributed by atoms with E-state index < -0.39 is 0 Å². The second kappa shape index (κ2) is 8.25. The van der Waals surface area contributed by atoms with Crippen molar-refractivity contribution in [2.75, 3.05) is 13.2 Å². The zero-order valence-corrected chi connectivity index (χ0v) is 12.3. The lowest BCUT2D eigenvalue weighted by Crippen LogP contribution is -2.29. The third kappa shape index (κ3) is 6.66. The van der Waals surface area contributed by atoms with Crippen LogP contribution < -0.4 is 15.8 Å². The fourth-order valence-corrected chi connectivity index (χ4v) is 1.84. The molecule has 0 radical (unpaired) electrons. The van der Waals surface area contributed by atoms with Crippen molar-refractivity contribution in [3.63, 3.8) is 0 Å². The SMILES string of the molecule is CC(N)CCNC(=O)CCOc1ccc(Cl)cc1Cl. The number of hydrogen-bond acceptors (Lipinski definition) is 3. The van der Waals surface area contributed by atoms with E-state index in [2.05, 4.69) is 5.32 Å². The van der Waals surface area contributed by atoms with Gasteiger partial charge in [0, 0.05) is 17.6 Å². The van der Waals surface area contributed by atoms with Crippen LogP contribution in [0.5, 0.6) is 5.75 Å². The number of nitrogens with two attached hydrogens (primary N) is 1. The highest BCUT2D eigenvalue weighted by Crippen LogP contribution is 2.27. The minimum Gasteiger partial charge on any atom is -0.491 e. The molecule has 0 bridgehead atoms. The van der Waals surface area contributed by atoms with Gasteiger partial charge in [0.2, 0.25) is 5.91 Å². The van der Waals surface area contributed by atoms with Crippen molar-refractivity contribution in [3.8, 4) is 5.75 Å². The fraction of sp³-hybridized carbons (Fsp3) is 0.462. The van der Waals surface area contributed by atoms with E-state index in [0.717, 1.165) is 6.42 Å². The molecule has 0 aliphatic heterocycles. The van der Waals surface area contributed by atoms with Gasteiger partial charge in [-0.3, -0.25) is 4.79 Å². The molecule has 0 aliphatic rings. The van der Waals surface area contributed by atoms with Gasteiger partial charge in [-0.15, -0.1) is 0 Å². The van der Waals surface area contributed by atoms with Crippen molar-refractivity contribution in [3.05, 3.63) is 28.2 Å². The van der Waals surface area contributed by atoms with Crippen LogP contribution in [0.15, 0.2) is 18.2 Å². The van der Waals surface area contributed by atoms with Crippen molar-refractivity contribution in [1.82, 2.24) is 5.32 Å². The maximum absolute atomic E-state index is 11.5. The number of halogens is 2. The van der Waals surface area contributed by atoms with Crippen LogP contribution in [0.25, 0.3) is 0 Å². The summed E-state index contributed by atoms with van der Waals surface area (Å²) in [5, 5.41) is 3.75. The average molecular weight is 305 g/mol. The number of carbonyl (C=O) groups excluding carboxylic acids is 1. The zero-order chi connectivity index (χ0) is 14.3. The number of rotatable bonds is 7. The molecule has 1 unspecified atom stereocenters.